The molecule has 4 aliphatic rings. The molecule has 3 saturated carbocycles. The third kappa shape index (κ3) is 1.86. The van der Waals surface area contributed by atoms with Crippen molar-refractivity contribution in [2.24, 2.45) is 34.5 Å². The van der Waals surface area contributed by atoms with E-state index >= 15 is 0 Å². The minimum atomic E-state index is 0.590. The van der Waals surface area contributed by atoms with Gasteiger partial charge in [0.1, 0.15) is 0 Å². The summed E-state index contributed by atoms with van der Waals surface area (Å²) in [6.45, 7) is 7.75. The Bertz CT molecular complexity index is 447. The first-order valence-electron chi connectivity index (χ1n) is 9.79. The summed E-state index contributed by atoms with van der Waals surface area (Å²) < 4.78 is 0. The second kappa shape index (κ2) is 4.87. The van der Waals surface area contributed by atoms with Gasteiger partial charge in [0.25, 0.3) is 0 Å². The average Bonchev–Trinajstić information content (AvgIpc) is 2.83. The van der Waals surface area contributed by atoms with Gasteiger partial charge in [0.2, 0.25) is 0 Å². The van der Waals surface area contributed by atoms with Gasteiger partial charge in [0.05, 0.1) is 0 Å². The fourth-order valence-corrected chi connectivity index (χ4v) is 7.53. The van der Waals surface area contributed by atoms with Gasteiger partial charge in [-0.25, -0.2) is 0 Å². The fourth-order valence-electron chi connectivity index (χ4n) is 7.53. The number of rotatable bonds is 1. The van der Waals surface area contributed by atoms with E-state index in [1.54, 1.807) is 6.42 Å². The molecule has 0 aromatic carbocycles. The lowest BCUT2D eigenvalue weighted by atomic mass is 9.47. The molecule has 4 rings (SSSR count). The zero-order valence-corrected chi connectivity index (χ0v) is 14.5. The van der Waals surface area contributed by atoms with Gasteiger partial charge in [0, 0.05) is 0 Å². The average molecular weight is 287 g/mol. The quantitative estimate of drug-likeness (QED) is 0.492. The molecule has 3 fully saturated rings. The van der Waals surface area contributed by atoms with Crippen molar-refractivity contribution in [3.63, 3.8) is 0 Å². The van der Waals surface area contributed by atoms with Crippen molar-refractivity contribution < 1.29 is 0 Å². The Morgan fingerprint density at radius 3 is 2.71 bits per heavy atom. The molecule has 0 aromatic heterocycles. The van der Waals surface area contributed by atoms with Crippen molar-refractivity contribution in [2.75, 3.05) is 0 Å². The third-order valence-electron chi connectivity index (χ3n) is 8.72. The summed E-state index contributed by atoms with van der Waals surface area (Å²) in [6, 6.07) is 0. The highest BCUT2D eigenvalue weighted by Crippen LogP contribution is 2.67. The fraction of sp³-hybridized carbons (Fsp3) is 0.905. The Labute approximate surface area is 131 Å². The summed E-state index contributed by atoms with van der Waals surface area (Å²) in [6.07, 6.45) is 17.4. The number of fused-ring (bicyclic) bond motifs is 5. The molecule has 0 N–H and O–H groups in total. The summed E-state index contributed by atoms with van der Waals surface area (Å²) in [5.41, 5.74) is 3.15. The second-order valence-corrected chi connectivity index (χ2v) is 9.18. The summed E-state index contributed by atoms with van der Waals surface area (Å²) >= 11 is 0. The summed E-state index contributed by atoms with van der Waals surface area (Å²) in [7, 11) is 0. The standard InChI is InChI=1S/C21H34/c1-4-15-9-11-18-17-10-8-16-7-5-6-13-20(16,2)19(17)12-14-21(15,18)3/h7,15,17-19H,4-6,8-14H2,1-3H3/t15-,17?,18?,19?,20?,21+/m0/s1. The summed E-state index contributed by atoms with van der Waals surface area (Å²) in [5.74, 6) is 4.16. The molecule has 118 valence electrons. The highest BCUT2D eigenvalue weighted by molar-refractivity contribution is 5.23. The first-order valence-corrected chi connectivity index (χ1v) is 9.79. The molecule has 0 aliphatic heterocycles. The largest absolute Gasteiger partial charge is 0.0848 e. The summed E-state index contributed by atoms with van der Waals surface area (Å²) in [4.78, 5) is 0. The van der Waals surface area contributed by atoms with Crippen molar-refractivity contribution in [1.29, 1.82) is 0 Å². The van der Waals surface area contributed by atoms with E-state index in [0.29, 0.717) is 10.8 Å². The van der Waals surface area contributed by atoms with Gasteiger partial charge in [-0.1, -0.05) is 38.8 Å². The van der Waals surface area contributed by atoms with E-state index in [9.17, 15) is 0 Å². The molecule has 0 heterocycles. The van der Waals surface area contributed by atoms with Crippen molar-refractivity contribution in [3.05, 3.63) is 11.6 Å². The molecular weight excluding hydrogens is 252 g/mol. The van der Waals surface area contributed by atoms with Crippen molar-refractivity contribution in [3.8, 4) is 0 Å². The molecule has 0 spiro atoms. The van der Waals surface area contributed by atoms with Crippen LogP contribution in [-0.4, -0.2) is 0 Å². The lowest BCUT2D eigenvalue weighted by Crippen LogP contribution is -2.50. The van der Waals surface area contributed by atoms with Crippen LogP contribution in [0.3, 0.4) is 0 Å². The van der Waals surface area contributed by atoms with Crippen molar-refractivity contribution in [2.45, 2.75) is 85.0 Å². The van der Waals surface area contributed by atoms with Crippen LogP contribution in [0.5, 0.6) is 0 Å². The van der Waals surface area contributed by atoms with Gasteiger partial charge in [-0.3, -0.25) is 0 Å². The predicted molar refractivity (Wildman–Crippen MR) is 90.1 cm³/mol. The van der Waals surface area contributed by atoms with Crippen LogP contribution in [-0.2, 0) is 0 Å². The topological polar surface area (TPSA) is 0 Å². The van der Waals surface area contributed by atoms with E-state index < -0.39 is 0 Å². The maximum Gasteiger partial charge on any atom is -0.00853 e. The van der Waals surface area contributed by atoms with E-state index in [1.807, 2.05) is 5.57 Å². The van der Waals surface area contributed by atoms with Crippen LogP contribution in [0.1, 0.15) is 85.0 Å². The highest BCUT2D eigenvalue weighted by atomic mass is 14.6. The molecule has 21 heavy (non-hydrogen) atoms. The zero-order chi connectivity index (χ0) is 14.7. The highest BCUT2D eigenvalue weighted by Gasteiger charge is 2.57. The van der Waals surface area contributed by atoms with E-state index in [4.69, 9.17) is 0 Å². The Morgan fingerprint density at radius 2 is 1.90 bits per heavy atom. The van der Waals surface area contributed by atoms with Gasteiger partial charge in [-0.2, -0.15) is 0 Å². The molecule has 0 aromatic rings. The van der Waals surface area contributed by atoms with Crippen LogP contribution in [0.25, 0.3) is 0 Å². The van der Waals surface area contributed by atoms with E-state index in [2.05, 4.69) is 26.8 Å². The third-order valence-corrected chi connectivity index (χ3v) is 8.72. The van der Waals surface area contributed by atoms with Gasteiger partial charge in [-0.05, 0) is 92.3 Å². The van der Waals surface area contributed by atoms with E-state index in [-0.39, 0.29) is 0 Å². The number of hydrogen-bond donors (Lipinski definition) is 0. The van der Waals surface area contributed by atoms with Crippen molar-refractivity contribution in [1.82, 2.24) is 0 Å². The lowest BCUT2D eigenvalue weighted by molar-refractivity contribution is -0.0515. The second-order valence-electron chi connectivity index (χ2n) is 9.18. The molecule has 0 nitrogen and oxygen atoms in total. The minimum Gasteiger partial charge on any atom is -0.0848 e. The lowest BCUT2D eigenvalue weighted by Gasteiger charge is -2.58. The Kier molecular flexibility index (Phi) is 3.32. The van der Waals surface area contributed by atoms with Gasteiger partial charge in [0.15, 0.2) is 0 Å². The van der Waals surface area contributed by atoms with Gasteiger partial charge < -0.3 is 0 Å². The molecule has 0 bridgehead atoms. The van der Waals surface area contributed by atoms with Crippen LogP contribution in [0.4, 0.5) is 0 Å². The smallest absolute Gasteiger partial charge is 0.00853 e. The Hall–Kier alpha value is -0.260. The first kappa shape index (κ1) is 14.3. The monoisotopic (exact) mass is 286 g/mol. The van der Waals surface area contributed by atoms with Gasteiger partial charge in [-0.15, -0.1) is 0 Å². The molecule has 0 radical (unpaired) electrons. The zero-order valence-electron chi connectivity index (χ0n) is 14.5. The molecule has 4 aliphatic carbocycles. The van der Waals surface area contributed by atoms with Gasteiger partial charge >= 0.3 is 0 Å². The summed E-state index contributed by atoms with van der Waals surface area (Å²) in [5, 5.41) is 0. The van der Waals surface area contributed by atoms with Crippen LogP contribution in [0, 0.1) is 34.5 Å². The normalized spacial score (nSPS) is 52.6. The Balaban J connectivity index is 1.66. The van der Waals surface area contributed by atoms with E-state index in [1.165, 1.54) is 57.8 Å². The van der Waals surface area contributed by atoms with Crippen LogP contribution >= 0.6 is 0 Å². The molecule has 4 unspecified atom stereocenters. The van der Waals surface area contributed by atoms with Crippen LogP contribution in [0.15, 0.2) is 11.6 Å². The first-order chi connectivity index (χ1) is 10.1. The van der Waals surface area contributed by atoms with E-state index in [0.717, 1.165) is 23.7 Å². The van der Waals surface area contributed by atoms with Crippen LogP contribution in [0.2, 0.25) is 0 Å². The minimum absolute atomic E-state index is 0.590. The Morgan fingerprint density at radius 1 is 1.05 bits per heavy atom. The number of allylic oxidation sites excluding steroid dienone is 2. The maximum absolute atomic E-state index is 2.67. The molecular formula is C21H34. The number of hydrogen-bond acceptors (Lipinski definition) is 0. The molecule has 0 amide bonds. The molecule has 0 heteroatoms. The maximum atomic E-state index is 2.67. The molecule has 6 atom stereocenters. The van der Waals surface area contributed by atoms with Crippen molar-refractivity contribution >= 4 is 0 Å². The molecule has 0 saturated heterocycles. The SMILES string of the molecule is CC[C@H]1CCC2C3CCC4=CCCCC4(C)C3CC[C@@]21C. The predicted octanol–water partition coefficient (Wildman–Crippen LogP) is 6.37. The van der Waals surface area contributed by atoms with Crippen LogP contribution < -0.4 is 0 Å².